The number of aromatic nitrogens is 3. The van der Waals surface area contributed by atoms with Crippen molar-refractivity contribution in [3.63, 3.8) is 0 Å². The lowest BCUT2D eigenvalue weighted by molar-refractivity contribution is 0.415. The molecule has 0 amide bonds. The Balaban J connectivity index is 2.15. The van der Waals surface area contributed by atoms with Crippen LogP contribution in [0, 0.1) is 0 Å². The molecule has 1 aromatic heterocycles. The van der Waals surface area contributed by atoms with Crippen LogP contribution in [0.5, 0.6) is 5.75 Å². The van der Waals surface area contributed by atoms with E-state index in [9.17, 15) is 0 Å². The third-order valence-electron chi connectivity index (χ3n) is 3.97. The maximum atomic E-state index is 5.88. The van der Waals surface area contributed by atoms with Gasteiger partial charge in [0.25, 0.3) is 0 Å². The zero-order valence-corrected chi connectivity index (χ0v) is 13.3. The molecule has 2 N–H and O–H groups in total. The Bertz CT molecular complexity index is 783. The fraction of sp³-hybridized carbons (Fsp3) is 0.222. The van der Waals surface area contributed by atoms with Gasteiger partial charge in [-0.15, -0.1) is 5.10 Å². The van der Waals surface area contributed by atoms with E-state index in [-0.39, 0.29) is 6.04 Å². The van der Waals surface area contributed by atoms with Crippen LogP contribution in [0.25, 0.3) is 11.3 Å². The summed E-state index contributed by atoms with van der Waals surface area (Å²) in [6.45, 7) is 2.43. The third kappa shape index (κ3) is 2.83. The molecule has 23 heavy (non-hydrogen) atoms. The summed E-state index contributed by atoms with van der Waals surface area (Å²) >= 11 is 0. The first kappa shape index (κ1) is 15.2. The molecule has 5 nitrogen and oxygen atoms in total. The molecule has 0 aliphatic heterocycles. The summed E-state index contributed by atoms with van der Waals surface area (Å²) in [7, 11) is 1.66. The van der Waals surface area contributed by atoms with Gasteiger partial charge in [0.2, 0.25) is 0 Å². The van der Waals surface area contributed by atoms with Crippen molar-refractivity contribution in [2.24, 2.45) is 5.73 Å². The highest BCUT2D eigenvalue weighted by Gasteiger charge is 2.21. The molecule has 0 aliphatic carbocycles. The van der Waals surface area contributed by atoms with Gasteiger partial charge in [0.1, 0.15) is 11.4 Å². The molecule has 1 atom stereocenters. The van der Waals surface area contributed by atoms with Crippen LogP contribution in [0.3, 0.4) is 0 Å². The minimum absolute atomic E-state index is 0.0453. The highest BCUT2D eigenvalue weighted by molar-refractivity contribution is 5.69. The Morgan fingerprint density at radius 2 is 1.78 bits per heavy atom. The van der Waals surface area contributed by atoms with E-state index in [4.69, 9.17) is 10.5 Å². The molecule has 1 heterocycles. The van der Waals surface area contributed by atoms with Crippen LogP contribution < -0.4 is 10.5 Å². The summed E-state index contributed by atoms with van der Waals surface area (Å²) in [6.07, 6.45) is 0. The van der Waals surface area contributed by atoms with Crippen LogP contribution in [0.4, 0.5) is 0 Å². The van der Waals surface area contributed by atoms with Crippen molar-refractivity contribution in [2.45, 2.75) is 19.5 Å². The summed E-state index contributed by atoms with van der Waals surface area (Å²) in [5.74, 6) is 0.783. The van der Waals surface area contributed by atoms with Crippen LogP contribution in [0.2, 0.25) is 0 Å². The van der Waals surface area contributed by atoms with Crippen molar-refractivity contribution in [3.05, 3.63) is 65.9 Å². The first-order valence-electron chi connectivity index (χ1n) is 7.58. The molecule has 2 aromatic carbocycles. The average Bonchev–Trinajstić information content (AvgIpc) is 3.05. The van der Waals surface area contributed by atoms with E-state index in [1.807, 2.05) is 47.1 Å². The van der Waals surface area contributed by atoms with Gasteiger partial charge in [-0.3, -0.25) is 0 Å². The smallest absolute Gasteiger partial charge is 0.128 e. The molecule has 0 bridgehead atoms. The van der Waals surface area contributed by atoms with E-state index in [0.717, 1.165) is 28.3 Å². The van der Waals surface area contributed by atoms with Crippen LogP contribution in [0.1, 0.15) is 24.2 Å². The zero-order chi connectivity index (χ0) is 16.2. The lowest BCUT2D eigenvalue weighted by Crippen LogP contribution is -2.11. The summed E-state index contributed by atoms with van der Waals surface area (Å²) in [4.78, 5) is 0. The van der Waals surface area contributed by atoms with E-state index in [0.29, 0.717) is 6.54 Å². The fourth-order valence-corrected chi connectivity index (χ4v) is 2.73. The number of hydrogen-bond acceptors (Lipinski definition) is 4. The van der Waals surface area contributed by atoms with Crippen molar-refractivity contribution in [2.75, 3.05) is 7.11 Å². The lowest BCUT2D eigenvalue weighted by atomic mass is 10.1. The van der Waals surface area contributed by atoms with Crippen LogP contribution >= 0.6 is 0 Å². The molecule has 3 rings (SSSR count). The molecule has 0 spiro atoms. The molecule has 118 valence electrons. The summed E-state index contributed by atoms with van der Waals surface area (Å²) in [6, 6.07) is 18.1. The summed E-state index contributed by atoms with van der Waals surface area (Å²) < 4.78 is 7.41. The fourth-order valence-electron chi connectivity index (χ4n) is 2.73. The Morgan fingerprint density at radius 3 is 2.48 bits per heavy atom. The standard InChI is InChI=1S/C18H20N4O/c1-13(14-8-4-3-5-9-14)22-18(16(12-19)20-21-22)15-10-6-7-11-17(15)23-2/h3-11,13H,12,19H2,1-2H3. The van der Waals surface area contributed by atoms with Crippen molar-refractivity contribution < 1.29 is 4.74 Å². The molecule has 0 fully saturated rings. The van der Waals surface area contributed by atoms with Crippen molar-refractivity contribution >= 4 is 0 Å². The number of para-hydroxylation sites is 1. The Morgan fingerprint density at radius 1 is 1.09 bits per heavy atom. The van der Waals surface area contributed by atoms with Crippen molar-refractivity contribution in [1.29, 1.82) is 0 Å². The first-order chi connectivity index (χ1) is 11.3. The van der Waals surface area contributed by atoms with Gasteiger partial charge < -0.3 is 10.5 Å². The topological polar surface area (TPSA) is 66.0 Å². The summed E-state index contributed by atoms with van der Waals surface area (Å²) in [5, 5.41) is 8.61. The second-order valence-corrected chi connectivity index (χ2v) is 5.32. The maximum Gasteiger partial charge on any atom is 0.128 e. The number of ether oxygens (including phenoxy) is 1. The monoisotopic (exact) mass is 308 g/mol. The van der Waals surface area contributed by atoms with Crippen LogP contribution in [-0.4, -0.2) is 22.1 Å². The van der Waals surface area contributed by atoms with E-state index in [1.54, 1.807) is 7.11 Å². The minimum atomic E-state index is 0.0453. The number of rotatable bonds is 5. The SMILES string of the molecule is COc1ccccc1-c1c(CN)nnn1C(C)c1ccccc1. The molecular weight excluding hydrogens is 288 g/mol. The largest absolute Gasteiger partial charge is 0.496 e. The normalized spacial score (nSPS) is 12.1. The van der Waals surface area contributed by atoms with E-state index >= 15 is 0 Å². The summed E-state index contributed by atoms with van der Waals surface area (Å²) in [5.41, 5.74) is 9.65. The average molecular weight is 308 g/mol. The predicted octanol–water partition coefficient (Wildman–Crippen LogP) is 3.02. The second kappa shape index (κ2) is 6.62. The second-order valence-electron chi connectivity index (χ2n) is 5.32. The number of hydrogen-bond donors (Lipinski definition) is 1. The van der Waals surface area contributed by atoms with Gasteiger partial charge in [-0.05, 0) is 24.6 Å². The predicted molar refractivity (Wildman–Crippen MR) is 90.2 cm³/mol. The quantitative estimate of drug-likeness (QED) is 0.787. The highest BCUT2D eigenvalue weighted by atomic mass is 16.5. The molecule has 3 aromatic rings. The van der Waals surface area contributed by atoms with Gasteiger partial charge in [0, 0.05) is 12.1 Å². The van der Waals surface area contributed by atoms with Gasteiger partial charge in [0.15, 0.2) is 0 Å². The van der Waals surface area contributed by atoms with Gasteiger partial charge in [-0.1, -0.05) is 47.7 Å². The van der Waals surface area contributed by atoms with E-state index in [1.165, 1.54) is 0 Å². The Hall–Kier alpha value is -2.66. The Labute approximate surface area is 135 Å². The van der Waals surface area contributed by atoms with Crippen molar-refractivity contribution in [1.82, 2.24) is 15.0 Å². The van der Waals surface area contributed by atoms with Crippen LogP contribution in [0.15, 0.2) is 54.6 Å². The molecule has 5 heteroatoms. The highest BCUT2D eigenvalue weighted by Crippen LogP contribution is 2.33. The van der Waals surface area contributed by atoms with E-state index in [2.05, 4.69) is 29.4 Å². The number of nitrogens with zero attached hydrogens (tertiary/aromatic N) is 3. The van der Waals surface area contributed by atoms with Crippen molar-refractivity contribution in [3.8, 4) is 17.0 Å². The van der Waals surface area contributed by atoms with Gasteiger partial charge in [0.05, 0.1) is 18.8 Å². The molecule has 0 saturated carbocycles. The number of nitrogens with two attached hydrogens (primary N) is 1. The maximum absolute atomic E-state index is 5.88. The molecule has 1 unspecified atom stereocenters. The zero-order valence-electron chi connectivity index (χ0n) is 13.3. The van der Waals surface area contributed by atoms with E-state index < -0.39 is 0 Å². The molecular formula is C18H20N4O. The molecule has 0 aliphatic rings. The first-order valence-corrected chi connectivity index (χ1v) is 7.58. The number of methoxy groups -OCH3 is 1. The molecule has 0 saturated heterocycles. The lowest BCUT2D eigenvalue weighted by Gasteiger charge is -2.17. The van der Waals surface area contributed by atoms with Gasteiger partial charge in [-0.2, -0.15) is 0 Å². The van der Waals surface area contributed by atoms with Crippen LogP contribution in [-0.2, 0) is 6.54 Å². The molecule has 0 radical (unpaired) electrons. The third-order valence-corrected chi connectivity index (χ3v) is 3.97. The minimum Gasteiger partial charge on any atom is -0.496 e. The van der Waals surface area contributed by atoms with Gasteiger partial charge in [-0.25, -0.2) is 4.68 Å². The number of benzene rings is 2. The Kier molecular flexibility index (Phi) is 4.39. The van der Waals surface area contributed by atoms with Gasteiger partial charge >= 0.3 is 0 Å².